The molecular weight excluding hydrogens is 234 g/mol. The Morgan fingerprint density at radius 2 is 1.53 bits per heavy atom. The summed E-state index contributed by atoms with van der Waals surface area (Å²) in [6.07, 6.45) is 1.03. The minimum atomic E-state index is 0.878. The van der Waals surface area contributed by atoms with Crippen LogP contribution in [0, 0.1) is 0 Å². The van der Waals surface area contributed by atoms with Gasteiger partial charge in [-0.25, -0.2) is 0 Å². The number of rotatable bonds is 6. The summed E-state index contributed by atoms with van der Waals surface area (Å²) in [5.41, 5.74) is 2.53. The Hall–Kier alpha value is -1.80. The number of nitrogens with one attached hydrogen (secondary N) is 1. The van der Waals surface area contributed by atoms with Gasteiger partial charge in [0, 0.05) is 6.54 Å². The molecule has 2 nitrogen and oxygen atoms in total. The molecule has 0 aliphatic rings. The number of ether oxygens (including phenoxy) is 1. The third kappa shape index (κ3) is 4.11. The first-order valence-electron chi connectivity index (χ1n) is 6.88. The molecule has 0 aliphatic carbocycles. The molecule has 19 heavy (non-hydrogen) atoms. The predicted molar refractivity (Wildman–Crippen MR) is 79.7 cm³/mol. The van der Waals surface area contributed by atoms with E-state index >= 15 is 0 Å². The average molecular weight is 255 g/mol. The fraction of sp³-hybridized carbons (Fsp3) is 0.294. The van der Waals surface area contributed by atoms with Crippen molar-refractivity contribution in [2.75, 3.05) is 6.54 Å². The smallest absolute Gasteiger partial charge is 0.127 e. The highest BCUT2D eigenvalue weighted by Crippen LogP contribution is 2.23. The Kier molecular flexibility index (Phi) is 4.99. The van der Waals surface area contributed by atoms with Crippen LogP contribution in [0.1, 0.15) is 25.0 Å². The largest absolute Gasteiger partial charge is 0.457 e. The molecule has 1 N–H and O–H groups in total. The number of hydrogen-bond donors (Lipinski definition) is 1. The number of aryl methyl sites for hydroxylation is 1. The van der Waals surface area contributed by atoms with E-state index in [4.69, 9.17) is 4.74 Å². The van der Waals surface area contributed by atoms with Gasteiger partial charge in [0.1, 0.15) is 11.5 Å². The van der Waals surface area contributed by atoms with Crippen molar-refractivity contribution in [2.24, 2.45) is 0 Å². The molecule has 0 bridgehead atoms. The second-order valence-corrected chi connectivity index (χ2v) is 4.53. The maximum atomic E-state index is 5.91. The molecule has 100 valence electrons. The molecule has 0 saturated heterocycles. The minimum Gasteiger partial charge on any atom is -0.457 e. The lowest BCUT2D eigenvalue weighted by Gasteiger charge is -2.09. The monoisotopic (exact) mass is 255 g/mol. The van der Waals surface area contributed by atoms with Crippen LogP contribution in [-0.4, -0.2) is 6.54 Å². The van der Waals surface area contributed by atoms with Crippen LogP contribution in [0.2, 0.25) is 0 Å². The number of benzene rings is 2. The van der Waals surface area contributed by atoms with E-state index in [2.05, 4.69) is 43.4 Å². The first kappa shape index (κ1) is 13.6. The summed E-state index contributed by atoms with van der Waals surface area (Å²) in [5.74, 6) is 1.80. The normalized spacial score (nSPS) is 10.4. The quantitative estimate of drug-likeness (QED) is 0.837. The van der Waals surface area contributed by atoms with Crippen LogP contribution in [0.25, 0.3) is 0 Å². The summed E-state index contributed by atoms with van der Waals surface area (Å²) in [4.78, 5) is 0. The molecule has 0 spiro atoms. The Balaban J connectivity index is 2.09. The van der Waals surface area contributed by atoms with Gasteiger partial charge in [-0.2, -0.15) is 0 Å². The summed E-state index contributed by atoms with van der Waals surface area (Å²) in [5, 5.41) is 3.32. The Labute approximate surface area is 115 Å². The van der Waals surface area contributed by atoms with Crippen LogP contribution >= 0.6 is 0 Å². The Morgan fingerprint density at radius 3 is 2.16 bits per heavy atom. The van der Waals surface area contributed by atoms with Crippen molar-refractivity contribution in [1.82, 2.24) is 5.32 Å². The Bertz CT molecular complexity index is 522. The molecule has 2 aromatic carbocycles. The minimum absolute atomic E-state index is 0.878. The van der Waals surface area contributed by atoms with Gasteiger partial charge in [0.25, 0.3) is 0 Å². The first-order valence-corrected chi connectivity index (χ1v) is 6.88. The maximum Gasteiger partial charge on any atom is 0.127 e. The van der Waals surface area contributed by atoms with Crippen LogP contribution in [0.5, 0.6) is 11.5 Å². The zero-order chi connectivity index (χ0) is 13.5. The van der Waals surface area contributed by atoms with Gasteiger partial charge < -0.3 is 10.1 Å². The maximum absolute atomic E-state index is 5.91. The van der Waals surface area contributed by atoms with E-state index in [0.29, 0.717) is 0 Å². The molecule has 2 heteroatoms. The SMILES string of the molecule is CCNCc1cccc(Oc2cccc(CC)c2)c1. The van der Waals surface area contributed by atoms with Crippen LogP contribution in [0.3, 0.4) is 0 Å². The molecule has 2 aromatic rings. The molecule has 0 fully saturated rings. The zero-order valence-electron chi connectivity index (χ0n) is 11.6. The highest BCUT2D eigenvalue weighted by Gasteiger charge is 2.00. The molecule has 0 atom stereocenters. The average Bonchev–Trinajstić information content (AvgIpc) is 2.46. The summed E-state index contributed by atoms with van der Waals surface area (Å²) < 4.78 is 5.91. The molecule has 0 amide bonds. The molecule has 0 heterocycles. The summed E-state index contributed by atoms with van der Waals surface area (Å²) in [7, 11) is 0. The molecule has 0 radical (unpaired) electrons. The van der Waals surface area contributed by atoms with Gasteiger partial charge in [0.15, 0.2) is 0 Å². The summed E-state index contributed by atoms with van der Waals surface area (Å²) in [6.45, 7) is 6.11. The Morgan fingerprint density at radius 1 is 0.895 bits per heavy atom. The van der Waals surface area contributed by atoms with Gasteiger partial charge >= 0.3 is 0 Å². The van der Waals surface area contributed by atoms with Crippen LogP contribution < -0.4 is 10.1 Å². The van der Waals surface area contributed by atoms with Crippen molar-refractivity contribution in [3.05, 3.63) is 59.7 Å². The van der Waals surface area contributed by atoms with Crippen LogP contribution in [-0.2, 0) is 13.0 Å². The van der Waals surface area contributed by atoms with E-state index in [1.165, 1.54) is 11.1 Å². The van der Waals surface area contributed by atoms with Crippen molar-refractivity contribution in [3.63, 3.8) is 0 Å². The predicted octanol–water partition coefficient (Wildman–Crippen LogP) is 4.15. The van der Waals surface area contributed by atoms with Crippen molar-refractivity contribution in [2.45, 2.75) is 26.8 Å². The third-order valence-corrected chi connectivity index (χ3v) is 3.02. The lowest BCUT2D eigenvalue weighted by atomic mass is 10.1. The summed E-state index contributed by atoms with van der Waals surface area (Å²) >= 11 is 0. The van der Waals surface area contributed by atoms with Crippen molar-refractivity contribution >= 4 is 0 Å². The van der Waals surface area contributed by atoms with E-state index in [1.807, 2.05) is 24.3 Å². The molecule has 0 saturated carbocycles. The van der Waals surface area contributed by atoms with Gasteiger partial charge in [0.05, 0.1) is 0 Å². The second-order valence-electron chi connectivity index (χ2n) is 4.53. The second kappa shape index (κ2) is 6.95. The first-order chi connectivity index (χ1) is 9.31. The highest BCUT2D eigenvalue weighted by molar-refractivity contribution is 5.35. The topological polar surface area (TPSA) is 21.3 Å². The zero-order valence-corrected chi connectivity index (χ0v) is 11.6. The van der Waals surface area contributed by atoms with E-state index in [-0.39, 0.29) is 0 Å². The van der Waals surface area contributed by atoms with E-state index in [1.54, 1.807) is 0 Å². The lowest BCUT2D eigenvalue weighted by molar-refractivity contribution is 0.481. The van der Waals surface area contributed by atoms with Gasteiger partial charge in [-0.3, -0.25) is 0 Å². The van der Waals surface area contributed by atoms with E-state index in [9.17, 15) is 0 Å². The summed E-state index contributed by atoms with van der Waals surface area (Å²) in [6, 6.07) is 16.5. The van der Waals surface area contributed by atoms with Gasteiger partial charge in [-0.1, -0.05) is 38.1 Å². The molecular formula is C17H21NO. The van der Waals surface area contributed by atoms with Crippen molar-refractivity contribution in [3.8, 4) is 11.5 Å². The number of hydrogen-bond acceptors (Lipinski definition) is 2. The van der Waals surface area contributed by atoms with Crippen molar-refractivity contribution < 1.29 is 4.74 Å². The highest BCUT2D eigenvalue weighted by atomic mass is 16.5. The molecule has 0 unspecified atom stereocenters. The molecule has 0 aromatic heterocycles. The fourth-order valence-corrected chi connectivity index (χ4v) is 1.95. The fourth-order valence-electron chi connectivity index (χ4n) is 1.95. The molecule has 0 aliphatic heterocycles. The standard InChI is InChI=1S/C17H21NO/c1-3-14-7-5-9-16(11-14)19-17-10-6-8-15(12-17)13-18-4-2/h5-12,18H,3-4,13H2,1-2H3. The van der Waals surface area contributed by atoms with Gasteiger partial charge in [-0.15, -0.1) is 0 Å². The van der Waals surface area contributed by atoms with Crippen LogP contribution in [0.15, 0.2) is 48.5 Å². The van der Waals surface area contributed by atoms with Crippen LogP contribution in [0.4, 0.5) is 0 Å². The van der Waals surface area contributed by atoms with Gasteiger partial charge in [0.2, 0.25) is 0 Å². The van der Waals surface area contributed by atoms with Gasteiger partial charge in [-0.05, 0) is 48.4 Å². The van der Waals surface area contributed by atoms with Crippen molar-refractivity contribution in [1.29, 1.82) is 0 Å². The lowest BCUT2D eigenvalue weighted by Crippen LogP contribution is -2.11. The molecule has 2 rings (SSSR count). The van der Waals surface area contributed by atoms with E-state index in [0.717, 1.165) is 31.0 Å². The third-order valence-electron chi connectivity index (χ3n) is 3.02. The van der Waals surface area contributed by atoms with E-state index < -0.39 is 0 Å².